The molecule has 9 heteroatoms. The second kappa shape index (κ2) is 8.81. The first-order valence-electron chi connectivity index (χ1n) is 11.1. The van der Waals surface area contributed by atoms with E-state index in [-0.39, 0.29) is 11.5 Å². The van der Waals surface area contributed by atoms with Crippen LogP contribution in [0.2, 0.25) is 0 Å². The van der Waals surface area contributed by atoms with Crippen molar-refractivity contribution in [2.45, 2.75) is 32.7 Å². The Morgan fingerprint density at radius 1 is 1.18 bits per heavy atom. The van der Waals surface area contributed by atoms with Crippen molar-refractivity contribution in [3.63, 3.8) is 0 Å². The lowest BCUT2D eigenvalue weighted by Gasteiger charge is -2.22. The van der Waals surface area contributed by atoms with E-state index in [1.54, 1.807) is 11.8 Å². The molecule has 0 aliphatic carbocycles. The molecule has 2 aliphatic heterocycles. The van der Waals surface area contributed by atoms with Crippen LogP contribution in [0.1, 0.15) is 43.2 Å². The molecule has 1 amide bonds. The summed E-state index contributed by atoms with van der Waals surface area (Å²) in [5.74, 6) is -0.692. The monoisotopic (exact) mass is 493 g/mol. The predicted molar refractivity (Wildman–Crippen MR) is 133 cm³/mol. The average molecular weight is 494 g/mol. The largest absolute Gasteiger partial charge is 0.466 e. The fourth-order valence-electron chi connectivity index (χ4n) is 4.50. The number of thiazole rings is 1. The van der Waals surface area contributed by atoms with Crippen LogP contribution in [0.4, 0.5) is 5.69 Å². The molecule has 0 spiro atoms. The van der Waals surface area contributed by atoms with Gasteiger partial charge in [0, 0.05) is 17.0 Å². The highest BCUT2D eigenvalue weighted by molar-refractivity contribution is 7.10. The van der Waals surface area contributed by atoms with Crippen molar-refractivity contribution in [1.29, 1.82) is 0 Å². The predicted octanol–water partition coefficient (Wildman–Crippen LogP) is 2.99. The Bertz CT molecular complexity index is 1510. The first kappa shape index (κ1) is 22.5. The Hall–Kier alpha value is -3.30. The molecule has 2 aromatic heterocycles. The zero-order valence-electron chi connectivity index (χ0n) is 19.0. The van der Waals surface area contributed by atoms with Gasteiger partial charge in [-0.25, -0.2) is 9.79 Å². The maximum Gasteiger partial charge on any atom is 0.338 e. The lowest BCUT2D eigenvalue weighted by atomic mass is 10.0. The van der Waals surface area contributed by atoms with Crippen LogP contribution in [-0.4, -0.2) is 30.1 Å². The maximum absolute atomic E-state index is 13.9. The number of hydrogen-bond donors (Lipinski definition) is 0. The molecule has 0 fully saturated rings. The number of rotatable bonds is 5. The summed E-state index contributed by atoms with van der Waals surface area (Å²) in [6, 6.07) is 10.7. The third-order valence-electron chi connectivity index (χ3n) is 6.10. The number of amides is 1. The summed E-state index contributed by atoms with van der Waals surface area (Å²) in [5, 5.41) is 1.90. The van der Waals surface area contributed by atoms with E-state index in [2.05, 4.69) is 11.9 Å². The number of hydrogen-bond acceptors (Lipinski definition) is 7. The van der Waals surface area contributed by atoms with Crippen molar-refractivity contribution in [2.75, 3.05) is 18.6 Å². The van der Waals surface area contributed by atoms with Crippen molar-refractivity contribution in [3.8, 4) is 0 Å². The number of unbranched alkanes of at least 4 members (excludes halogenated alkanes) is 1. The quantitative estimate of drug-likeness (QED) is 0.512. The molecule has 0 bridgehead atoms. The summed E-state index contributed by atoms with van der Waals surface area (Å²) in [5.41, 5.74) is 2.49. The Balaban J connectivity index is 1.79. The third kappa shape index (κ3) is 3.38. The van der Waals surface area contributed by atoms with Gasteiger partial charge in [-0.05, 0) is 30.9 Å². The molecule has 0 N–H and O–H groups in total. The van der Waals surface area contributed by atoms with Gasteiger partial charge in [0.2, 0.25) is 0 Å². The van der Waals surface area contributed by atoms with E-state index < -0.39 is 12.0 Å². The van der Waals surface area contributed by atoms with Crippen LogP contribution in [0.15, 0.2) is 62.8 Å². The third-order valence-corrected chi connectivity index (χ3v) is 8.08. The number of fused-ring (bicyclic) bond motifs is 2. The van der Waals surface area contributed by atoms with Gasteiger partial charge in [0.25, 0.3) is 11.5 Å². The number of ether oxygens (including phenoxy) is 1. The number of nitrogens with zero attached hydrogens (tertiary/aromatic N) is 3. The number of allylic oxidation sites excluding steroid dienone is 1. The average Bonchev–Trinajstić information content (AvgIpc) is 3.54. The van der Waals surface area contributed by atoms with E-state index in [1.165, 1.54) is 34.4 Å². The van der Waals surface area contributed by atoms with Crippen LogP contribution in [0.25, 0.3) is 5.57 Å². The molecular weight excluding hydrogens is 470 g/mol. The molecule has 0 radical (unpaired) electrons. The lowest BCUT2D eigenvalue weighted by molar-refractivity contribution is -0.136. The molecule has 5 rings (SSSR count). The second-order valence-corrected chi connectivity index (χ2v) is 10.1. The molecule has 0 saturated heterocycles. The number of benzene rings is 1. The summed E-state index contributed by atoms with van der Waals surface area (Å²) < 4.78 is 6.91. The second-order valence-electron chi connectivity index (χ2n) is 8.11. The molecule has 4 heterocycles. The van der Waals surface area contributed by atoms with E-state index in [0.717, 1.165) is 29.0 Å². The van der Waals surface area contributed by atoms with Crippen molar-refractivity contribution in [3.05, 3.63) is 83.2 Å². The van der Waals surface area contributed by atoms with Crippen LogP contribution < -0.4 is 19.8 Å². The Labute approximate surface area is 203 Å². The Morgan fingerprint density at radius 2 is 1.97 bits per heavy atom. The Kier molecular flexibility index (Phi) is 5.83. The van der Waals surface area contributed by atoms with Gasteiger partial charge in [-0.1, -0.05) is 48.9 Å². The summed E-state index contributed by atoms with van der Waals surface area (Å²) in [7, 11) is 1.32. The van der Waals surface area contributed by atoms with Gasteiger partial charge in [-0.15, -0.1) is 11.3 Å². The molecule has 174 valence electrons. The fraction of sp³-hybridized carbons (Fsp3) is 0.280. The summed E-state index contributed by atoms with van der Waals surface area (Å²) in [6.07, 6.45) is 1.83. The molecule has 1 atom stereocenters. The molecule has 3 aromatic rings. The van der Waals surface area contributed by atoms with Gasteiger partial charge in [0.1, 0.15) is 10.6 Å². The van der Waals surface area contributed by atoms with Gasteiger partial charge in [0.15, 0.2) is 4.80 Å². The smallest absolute Gasteiger partial charge is 0.338 e. The van der Waals surface area contributed by atoms with E-state index in [1.807, 2.05) is 41.8 Å². The zero-order chi connectivity index (χ0) is 24.0. The van der Waals surface area contributed by atoms with Crippen molar-refractivity contribution >= 4 is 45.8 Å². The molecular formula is C25H23N3O4S2. The molecule has 1 aromatic carbocycles. The van der Waals surface area contributed by atoms with Gasteiger partial charge in [-0.3, -0.25) is 14.2 Å². The number of esters is 1. The zero-order valence-corrected chi connectivity index (χ0v) is 20.7. The minimum absolute atomic E-state index is 0.170. The topological polar surface area (TPSA) is 81.0 Å². The summed E-state index contributed by atoms with van der Waals surface area (Å²) in [6.45, 7) is 4.42. The van der Waals surface area contributed by atoms with Gasteiger partial charge in [0.05, 0.1) is 29.6 Å². The van der Waals surface area contributed by atoms with Gasteiger partial charge in [-0.2, -0.15) is 0 Å². The standard InChI is InChI=1S/C25H23N3O4S2/c1-4-5-12-27-16-10-7-6-9-15(16)19(22(27)29)21-23(30)28-20(17-11-8-13-33-17)18(24(31)32-3)14(2)26-25(28)34-21/h6-11,13,20H,4-5,12H2,1-3H3/b21-19-. The molecule has 0 saturated carbocycles. The summed E-state index contributed by atoms with van der Waals surface area (Å²) in [4.78, 5) is 47.8. The minimum atomic E-state index is -0.652. The number of anilines is 1. The first-order chi connectivity index (χ1) is 16.5. The summed E-state index contributed by atoms with van der Waals surface area (Å²) >= 11 is 2.65. The number of para-hydroxylation sites is 1. The van der Waals surface area contributed by atoms with E-state index in [4.69, 9.17) is 4.74 Å². The molecule has 1 unspecified atom stereocenters. The SMILES string of the molecule is CCCCN1C(=O)/C(=c2\sc3n(c2=O)C(c2cccs2)C(C(=O)OC)=C(C)N=3)c2ccccc21. The van der Waals surface area contributed by atoms with Crippen LogP contribution in [0.3, 0.4) is 0 Å². The minimum Gasteiger partial charge on any atom is -0.466 e. The number of thiophene rings is 1. The first-order valence-corrected chi connectivity index (χ1v) is 12.8. The van der Waals surface area contributed by atoms with E-state index in [9.17, 15) is 14.4 Å². The normalized spacial score (nSPS) is 18.6. The van der Waals surface area contributed by atoms with Gasteiger partial charge < -0.3 is 9.64 Å². The maximum atomic E-state index is 13.9. The van der Waals surface area contributed by atoms with Crippen molar-refractivity contribution in [2.24, 2.45) is 4.99 Å². The molecule has 34 heavy (non-hydrogen) atoms. The number of aromatic nitrogens is 1. The number of carbonyl (C=O) groups excluding carboxylic acids is 2. The number of methoxy groups -OCH3 is 1. The van der Waals surface area contributed by atoms with Crippen LogP contribution in [0, 0.1) is 0 Å². The molecule has 7 nitrogen and oxygen atoms in total. The highest BCUT2D eigenvalue weighted by atomic mass is 32.1. The van der Waals surface area contributed by atoms with Crippen LogP contribution in [0.5, 0.6) is 0 Å². The number of carbonyl (C=O) groups is 2. The van der Waals surface area contributed by atoms with Crippen molar-refractivity contribution in [1.82, 2.24) is 4.57 Å². The van der Waals surface area contributed by atoms with Crippen molar-refractivity contribution < 1.29 is 14.3 Å². The highest BCUT2D eigenvalue weighted by Crippen LogP contribution is 2.36. The van der Waals surface area contributed by atoms with Crippen LogP contribution in [-0.2, 0) is 14.3 Å². The Morgan fingerprint density at radius 3 is 2.68 bits per heavy atom. The highest BCUT2D eigenvalue weighted by Gasteiger charge is 2.37. The lowest BCUT2D eigenvalue weighted by Crippen LogP contribution is -2.40. The van der Waals surface area contributed by atoms with E-state index in [0.29, 0.717) is 32.7 Å². The van der Waals surface area contributed by atoms with Crippen LogP contribution >= 0.6 is 22.7 Å². The van der Waals surface area contributed by atoms with E-state index >= 15 is 0 Å². The van der Waals surface area contributed by atoms with Gasteiger partial charge >= 0.3 is 5.97 Å². The fourth-order valence-corrected chi connectivity index (χ4v) is 6.46. The molecule has 2 aliphatic rings.